The largest absolute Gasteiger partial charge is 0.246 e. The molecule has 0 unspecified atom stereocenters. The van der Waals surface area contributed by atoms with Crippen LogP contribution in [-0.4, -0.2) is 10.7 Å². The van der Waals surface area contributed by atoms with E-state index in [9.17, 15) is 0 Å². The third-order valence-corrected chi connectivity index (χ3v) is 4.07. The zero-order valence-corrected chi connectivity index (χ0v) is 10.1. The number of nitrogens with zero attached hydrogens (tertiary/aromatic N) is 1. The average Bonchev–Trinajstić information content (AvgIpc) is 2.68. The summed E-state index contributed by atoms with van der Waals surface area (Å²) in [4.78, 5) is 4.69. The van der Waals surface area contributed by atoms with Gasteiger partial charge in [0.1, 0.15) is 0 Å². The van der Waals surface area contributed by atoms with Gasteiger partial charge in [-0.05, 0) is 18.6 Å². The van der Waals surface area contributed by atoms with Gasteiger partial charge in [-0.1, -0.05) is 19.3 Å². The predicted molar refractivity (Wildman–Crippen MR) is 65.5 cm³/mol. The second kappa shape index (κ2) is 5.17. The lowest BCUT2D eigenvalue weighted by Gasteiger charge is -2.19. The van der Waals surface area contributed by atoms with Crippen molar-refractivity contribution in [3.05, 3.63) is 16.1 Å². The van der Waals surface area contributed by atoms with Crippen molar-refractivity contribution < 1.29 is 0 Å². The first-order valence-corrected chi connectivity index (χ1v) is 6.96. The van der Waals surface area contributed by atoms with E-state index in [-0.39, 0.29) is 0 Å². The smallest absolute Gasteiger partial charge is 0.0936 e. The van der Waals surface area contributed by atoms with Crippen LogP contribution in [0.3, 0.4) is 0 Å². The number of aromatic nitrogens is 1. The molecule has 1 saturated carbocycles. The first-order chi connectivity index (χ1) is 6.90. The Balaban J connectivity index is 2.00. The summed E-state index contributed by atoms with van der Waals surface area (Å²) in [6.45, 7) is 0. The van der Waals surface area contributed by atoms with E-state index in [1.165, 1.54) is 42.8 Å². The maximum atomic E-state index is 4.69. The van der Waals surface area contributed by atoms with Gasteiger partial charge in [-0.2, -0.15) is 12.6 Å². The Morgan fingerprint density at radius 2 is 2.14 bits per heavy atom. The number of hydrogen-bond acceptors (Lipinski definition) is 3. The van der Waals surface area contributed by atoms with Crippen molar-refractivity contribution in [1.29, 1.82) is 0 Å². The molecule has 1 heterocycles. The van der Waals surface area contributed by atoms with Crippen molar-refractivity contribution in [2.75, 3.05) is 5.75 Å². The van der Waals surface area contributed by atoms with E-state index in [1.807, 2.05) is 11.3 Å². The molecular weight excluding hydrogens is 210 g/mol. The van der Waals surface area contributed by atoms with E-state index in [2.05, 4.69) is 18.0 Å². The lowest BCUT2D eigenvalue weighted by Crippen LogP contribution is -2.04. The minimum absolute atomic E-state index is 0.758. The number of rotatable bonds is 3. The quantitative estimate of drug-likeness (QED) is 0.778. The minimum atomic E-state index is 0.758. The molecule has 0 bridgehead atoms. The standard InChI is InChI=1S/C11H17NS2/c13-7-6-11-12-10(8-14-11)9-4-2-1-3-5-9/h8-9,13H,1-7H2. The maximum Gasteiger partial charge on any atom is 0.0936 e. The second-order valence-electron chi connectivity index (χ2n) is 3.97. The number of aryl methyl sites for hydroxylation is 1. The highest BCUT2D eigenvalue weighted by molar-refractivity contribution is 7.80. The summed E-state index contributed by atoms with van der Waals surface area (Å²) in [6, 6.07) is 0. The Labute approximate surface area is 95.4 Å². The van der Waals surface area contributed by atoms with Gasteiger partial charge in [-0.15, -0.1) is 11.3 Å². The molecule has 1 nitrogen and oxygen atoms in total. The molecule has 1 aromatic heterocycles. The zero-order valence-electron chi connectivity index (χ0n) is 8.41. The fourth-order valence-electron chi connectivity index (χ4n) is 2.12. The van der Waals surface area contributed by atoms with Crippen LogP contribution in [0.15, 0.2) is 5.38 Å². The molecule has 3 heteroatoms. The Hall–Kier alpha value is -0.0200. The van der Waals surface area contributed by atoms with E-state index >= 15 is 0 Å². The molecule has 1 aromatic rings. The van der Waals surface area contributed by atoms with Crippen LogP contribution < -0.4 is 0 Å². The van der Waals surface area contributed by atoms with Gasteiger partial charge in [0.25, 0.3) is 0 Å². The van der Waals surface area contributed by atoms with E-state index in [4.69, 9.17) is 4.98 Å². The third kappa shape index (κ3) is 2.51. The van der Waals surface area contributed by atoms with Crippen LogP contribution in [0.4, 0.5) is 0 Å². The Bertz CT molecular complexity index is 277. The van der Waals surface area contributed by atoms with Crippen molar-refractivity contribution in [3.8, 4) is 0 Å². The molecule has 0 aromatic carbocycles. The molecule has 0 saturated heterocycles. The minimum Gasteiger partial charge on any atom is -0.246 e. The average molecular weight is 227 g/mol. The molecule has 0 N–H and O–H groups in total. The summed E-state index contributed by atoms with van der Waals surface area (Å²) in [5.41, 5.74) is 1.35. The first kappa shape index (κ1) is 10.5. The van der Waals surface area contributed by atoms with Crippen LogP contribution in [0.1, 0.15) is 48.7 Å². The molecular formula is C11H17NS2. The van der Waals surface area contributed by atoms with Crippen molar-refractivity contribution in [3.63, 3.8) is 0 Å². The molecule has 78 valence electrons. The van der Waals surface area contributed by atoms with Gasteiger partial charge in [0.15, 0.2) is 0 Å². The number of thiazole rings is 1. The predicted octanol–water partition coefficient (Wildman–Crippen LogP) is 3.66. The van der Waals surface area contributed by atoms with E-state index < -0.39 is 0 Å². The Kier molecular flexibility index (Phi) is 3.88. The third-order valence-electron chi connectivity index (χ3n) is 2.92. The molecule has 14 heavy (non-hydrogen) atoms. The molecule has 0 spiro atoms. The Morgan fingerprint density at radius 3 is 2.86 bits per heavy atom. The molecule has 2 rings (SSSR count). The van der Waals surface area contributed by atoms with E-state index in [0.717, 1.165) is 18.1 Å². The first-order valence-electron chi connectivity index (χ1n) is 5.45. The summed E-state index contributed by atoms with van der Waals surface area (Å²) < 4.78 is 0. The molecule has 1 aliphatic carbocycles. The van der Waals surface area contributed by atoms with Gasteiger partial charge in [0, 0.05) is 17.7 Å². The topological polar surface area (TPSA) is 12.9 Å². The lowest BCUT2D eigenvalue weighted by atomic mass is 9.87. The summed E-state index contributed by atoms with van der Waals surface area (Å²) in [7, 11) is 0. The van der Waals surface area contributed by atoms with Crippen LogP contribution in [0.2, 0.25) is 0 Å². The summed E-state index contributed by atoms with van der Waals surface area (Å²) in [5.74, 6) is 1.67. The molecule has 0 atom stereocenters. The van der Waals surface area contributed by atoms with Crippen LogP contribution >= 0.6 is 24.0 Å². The van der Waals surface area contributed by atoms with Gasteiger partial charge in [0.2, 0.25) is 0 Å². The number of thiol groups is 1. The van der Waals surface area contributed by atoms with Crippen molar-refractivity contribution in [1.82, 2.24) is 4.98 Å². The van der Waals surface area contributed by atoms with Gasteiger partial charge in [0.05, 0.1) is 10.7 Å². The van der Waals surface area contributed by atoms with Crippen molar-refractivity contribution >= 4 is 24.0 Å². The van der Waals surface area contributed by atoms with Crippen LogP contribution in [0.25, 0.3) is 0 Å². The monoisotopic (exact) mass is 227 g/mol. The summed E-state index contributed by atoms with van der Waals surface area (Å²) in [5, 5.41) is 3.52. The Morgan fingerprint density at radius 1 is 1.36 bits per heavy atom. The summed E-state index contributed by atoms with van der Waals surface area (Å²) >= 11 is 6.04. The van der Waals surface area contributed by atoms with Crippen molar-refractivity contribution in [2.45, 2.75) is 44.4 Å². The fourth-order valence-corrected chi connectivity index (χ4v) is 3.36. The van der Waals surface area contributed by atoms with E-state index in [1.54, 1.807) is 0 Å². The van der Waals surface area contributed by atoms with Gasteiger partial charge in [-0.25, -0.2) is 4.98 Å². The maximum absolute atomic E-state index is 4.69. The zero-order chi connectivity index (χ0) is 9.80. The molecule has 1 fully saturated rings. The van der Waals surface area contributed by atoms with Crippen molar-refractivity contribution in [2.24, 2.45) is 0 Å². The highest BCUT2D eigenvalue weighted by Crippen LogP contribution is 2.33. The highest BCUT2D eigenvalue weighted by Gasteiger charge is 2.17. The van der Waals surface area contributed by atoms with Crippen LogP contribution in [-0.2, 0) is 6.42 Å². The molecule has 0 aliphatic heterocycles. The second-order valence-corrected chi connectivity index (χ2v) is 5.36. The van der Waals surface area contributed by atoms with Gasteiger partial charge < -0.3 is 0 Å². The molecule has 0 radical (unpaired) electrons. The SMILES string of the molecule is SCCc1nc(C2CCCCC2)cs1. The van der Waals surface area contributed by atoms with Crippen LogP contribution in [0.5, 0.6) is 0 Å². The molecule has 1 aliphatic rings. The van der Waals surface area contributed by atoms with E-state index in [0.29, 0.717) is 0 Å². The normalized spacial score (nSPS) is 18.6. The van der Waals surface area contributed by atoms with Crippen LogP contribution in [0, 0.1) is 0 Å². The number of hydrogen-bond donors (Lipinski definition) is 1. The highest BCUT2D eigenvalue weighted by atomic mass is 32.1. The molecule has 0 amide bonds. The van der Waals surface area contributed by atoms with Gasteiger partial charge in [-0.3, -0.25) is 0 Å². The summed E-state index contributed by atoms with van der Waals surface area (Å²) in [6.07, 6.45) is 7.94. The lowest BCUT2D eigenvalue weighted by molar-refractivity contribution is 0.437. The fraction of sp³-hybridized carbons (Fsp3) is 0.727. The van der Waals surface area contributed by atoms with Gasteiger partial charge >= 0.3 is 0 Å².